The molecule has 0 saturated heterocycles. The first-order chi connectivity index (χ1) is 14.1. The van der Waals surface area contributed by atoms with Crippen molar-refractivity contribution >= 4 is 34.1 Å². The van der Waals surface area contributed by atoms with Crippen LogP contribution in [-0.2, 0) is 6.54 Å². The monoisotopic (exact) mass is 425 g/mol. The van der Waals surface area contributed by atoms with Gasteiger partial charge in [-0.1, -0.05) is 47.5 Å². The van der Waals surface area contributed by atoms with Crippen molar-refractivity contribution in [3.63, 3.8) is 0 Å². The SMILES string of the molecule is COc1cc(-c2nc3ccccc3c(=O)n2NCc2ccc(Cl)cc2)ccc1Cl. The van der Waals surface area contributed by atoms with Crippen molar-refractivity contribution in [2.45, 2.75) is 6.54 Å². The van der Waals surface area contributed by atoms with Crippen molar-refractivity contribution in [2.75, 3.05) is 12.5 Å². The summed E-state index contributed by atoms with van der Waals surface area (Å²) in [6.45, 7) is 0.425. The lowest BCUT2D eigenvalue weighted by Gasteiger charge is -2.16. The van der Waals surface area contributed by atoms with Crippen LogP contribution >= 0.6 is 23.2 Å². The number of benzene rings is 3. The third kappa shape index (κ3) is 3.92. The van der Waals surface area contributed by atoms with Crippen LogP contribution in [0, 0.1) is 0 Å². The van der Waals surface area contributed by atoms with E-state index in [9.17, 15) is 4.79 Å². The number of ether oxygens (including phenoxy) is 1. The topological polar surface area (TPSA) is 56.1 Å². The van der Waals surface area contributed by atoms with Crippen molar-refractivity contribution in [1.82, 2.24) is 9.66 Å². The molecule has 0 amide bonds. The van der Waals surface area contributed by atoms with Crippen molar-refractivity contribution < 1.29 is 4.74 Å². The van der Waals surface area contributed by atoms with E-state index in [0.29, 0.717) is 44.6 Å². The van der Waals surface area contributed by atoms with Gasteiger partial charge < -0.3 is 10.2 Å². The van der Waals surface area contributed by atoms with Gasteiger partial charge in [0.05, 0.1) is 29.6 Å². The van der Waals surface area contributed by atoms with E-state index in [2.05, 4.69) is 5.43 Å². The highest BCUT2D eigenvalue weighted by atomic mass is 35.5. The molecular weight excluding hydrogens is 409 g/mol. The van der Waals surface area contributed by atoms with Gasteiger partial charge in [-0.3, -0.25) is 4.79 Å². The highest BCUT2D eigenvalue weighted by molar-refractivity contribution is 6.32. The molecule has 5 nitrogen and oxygen atoms in total. The number of aromatic nitrogens is 2. The van der Waals surface area contributed by atoms with Crippen LogP contribution in [0.4, 0.5) is 0 Å². The number of fused-ring (bicyclic) bond motifs is 1. The number of nitrogens with one attached hydrogen (secondary N) is 1. The molecule has 0 radical (unpaired) electrons. The lowest BCUT2D eigenvalue weighted by atomic mass is 10.1. The van der Waals surface area contributed by atoms with Gasteiger partial charge in [-0.05, 0) is 48.0 Å². The zero-order chi connectivity index (χ0) is 20.4. The maximum absolute atomic E-state index is 13.2. The molecule has 0 aliphatic rings. The van der Waals surface area contributed by atoms with Crippen LogP contribution in [-0.4, -0.2) is 16.8 Å². The minimum Gasteiger partial charge on any atom is -0.495 e. The zero-order valence-electron chi connectivity index (χ0n) is 15.5. The molecule has 4 rings (SSSR count). The van der Waals surface area contributed by atoms with Gasteiger partial charge >= 0.3 is 0 Å². The summed E-state index contributed by atoms with van der Waals surface area (Å²) in [6.07, 6.45) is 0. The fraction of sp³-hybridized carbons (Fsp3) is 0.0909. The Bertz CT molecular complexity index is 1240. The summed E-state index contributed by atoms with van der Waals surface area (Å²) in [4.78, 5) is 17.9. The highest BCUT2D eigenvalue weighted by Crippen LogP contribution is 2.29. The number of nitrogens with zero attached hydrogens (tertiary/aromatic N) is 2. The fourth-order valence-corrected chi connectivity index (χ4v) is 3.37. The summed E-state index contributed by atoms with van der Waals surface area (Å²) in [7, 11) is 1.55. The van der Waals surface area contributed by atoms with E-state index in [1.807, 2.05) is 48.5 Å². The lowest BCUT2D eigenvalue weighted by molar-refractivity contribution is 0.415. The quantitative estimate of drug-likeness (QED) is 0.481. The normalized spacial score (nSPS) is 10.9. The first kappa shape index (κ1) is 19.3. The number of methoxy groups -OCH3 is 1. The predicted molar refractivity (Wildman–Crippen MR) is 118 cm³/mol. The maximum Gasteiger partial charge on any atom is 0.280 e. The van der Waals surface area contributed by atoms with Crippen molar-refractivity contribution in [3.8, 4) is 17.1 Å². The lowest BCUT2D eigenvalue weighted by Crippen LogP contribution is -2.31. The number of halogens is 2. The molecule has 0 aliphatic heterocycles. The van der Waals surface area contributed by atoms with Crippen molar-refractivity contribution in [1.29, 1.82) is 0 Å². The van der Waals surface area contributed by atoms with E-state index in [1.54, 1.807) is 25.3 Å². The summed E-state index contributed by atoms with van der Waals surface area (Å²) in [5.41, 5.74) is 5.30. The van der Waals surface area contributed by atoms with Crippen LogP contribution in [0.1, 0.15) is 5.56 Å². The van der Waals surface area contributed by atoms with E-state index >= 15 is 0 Å². The number of hydrogen-bond donors (Lipinski definition) is 1. The second-order valence-corrected chi connectivity index (χ2v) is 7.25. The number of hydrogen-bond acceptors (Lipinski definition) is 4. The molecule has 0 aliphatic carbocycles. The molecule has 1 heterocycles. The fourth-order valence-electron chi connectivity index (χ4n) is 3.04. The Morgan fingerprint density at radius 3 is 2.55 bits per heavy atom. The van der Waals surface area contributed by atoms with Crippen LogP contribution in [0.2, 0.25) is 10.0 Å². The Balaban J connectivity index is 1.84. The van der Waals surface area contributed by atoms with Gasteiger partial charge in [-0.2, -0.15) is 0 Å². The molecule has 0 bridgehead atoms. The molecule has 0 saturated carbocycles. The van der Waals surface area contributed by atoms with Crippen LogP contribution in [0.3, 0.4) is 0 Å². The van der Waals surface area contributed by atoms with Gasteiger partial charge in [0.15, 0.2) is 5.82 Å². The Hall–Kier alpha value is -3.02. The average molecular weight is 426 g/mol. The van der Waals surface area contributed by atoms with E-state index in [0.717, 1.165) is 5.56 Å². The minimum absolute atomic E-state index is 0.187. The Morgan fingerprint density at radius 1 is 1.03 bits per heavy atom. The molecule has 1 aromatic heterocycles. The summed E-state index contributed by atoms with van der Waals surface area (Å²) >= 11 is 12.1. The molecular formula is C22H17Cl2N3O2. The number of rotatable bonds is 5. The standard InChI is InChI=1S/C22H17Cl2N3O2/c1-29-20-12-15(8-11-18(20)24)21-26-19-5-3-2-4-17(19)22(28)27(21)25-13-14-6-9-16(23)10-7-14/h2-12,25H,13H2,1H3. The Kier molecular flexibility index (Phi) is 5.43. The number of para-hydroxylation sites is 1. The Morgan fingerprint density at radius 2 is 1.79 bits per heavy atom. The molecule has 0 unspecified atom stereocenters. The highest BCUT2D eigenvalue weighted by Gasteiger charge is 2.14. The van der Waals surface area contributed by atoms with Crippen molar-refractivity contribution in [3.05, 3.63) is 92.7 Å². The average Bonchev–Trinajstić information content (AvgIpc) is 2.74. The Labute approximate surface area is 177 Å². The largest absolute Gasteiger partial charge is 0.495 e. The van der Waals surface area contributed by atoms with E-state index in [1.165, 1.54) is 4.68 Å². The first-order valence-corrected chi connectivity index (χ1v) is 9.66. The molecule has 4 aromatic rings. The second kappa shape index (κ2) is 8.15. The van der Waals surface area contributed by atoms with Gasteiger partial charge in [0, 0.05) is 10.6 Å². The molecule has 0 fully saturated rings. The van der Waals surface area contributed by atoms with Crippen LogP contribution in [0.15, 0.2) is 71.5 Å². The molecule has 7 heteroatoms. The summed E-state index contributed by atoms with van der Waals surface area (Å²) < 4.78 is 6.78. The third-order valence-electron chi connectivity index (χ3n) is 4.54. The minimum atomic E-state index is -0.187. The van der Waals surface area contributed by atoms with Crippen LogP contribution in [0.5, 0.6) is 5.75 Å². The van der Waals surface area contributed by atoms with Gasteiger partial charge in [0.1, 0.15) is 5.75 Å². The molecule has 3 aromatic carbocycles. The van der Waals surface area contributed by atoms with Crippen molar-refractivity contribution in [2.24, 2.45) is 0 Å². The van der Waals surface area contributed by atoms with Crippen LogP contribution in [0.25, 0.3) is 22.3 Å². The van der Waals surface area contributed by atoms with Crippen LogP contribution < -0.4 is 15.7 Å². The van der Waals surface area contributed by atoms with E-state index in [4.69, 9.17) is 32.9 Å². The molecule has 146 valence electrons. The molecule has 0 spiro atoms. The van der Waals surface area contributed by atoms with Gasteiger partial charge in [-0.15, -0.1) is 0 Å². The van der Waals surface area contributed by atoms with Gasteiger partial charge in [0.25, 0.3) is 5.56 Å². The molecule has 0 atom stereocenters. The van der Waals surface area contributed by atoms with E-state index in [-0.39, 0.29) is 5.56 Å². The second-order valence-electron chi connectivity index (χ2n) is 6.40. The summed E-state index contributed by atoms with van der Waals surface area (Å²) in [5.74, 6) is 0.980. The van der Waals surface area contributed by atoms with Gasteiger partial charge in [-0.25, -0.2) is 9.66 Å². The van der Waals surface area contributed by atoms with E-state index < -0.39 is 0 Å². The third-order valence-corrected chi connectivity index (χ3v) is 5.10. The summed E-state index contributed by atoms with van der Waals surface area (Å²) in [5, 5.41) is 1.67. The smallest absolute Gasteiger partial charge is 0.280 e. The molecule has 1 N–H and O–H groups in total. The maximum atomic E-state index is 13.2. The predicted octanol–water partition coefficient (Wildman–Crippen LogP) is 5.12. The molecule has 29 heavy (non-hydrogen) atoms. The van der Waals surface area contributed by atoms with Gasteiger partial charge in [0.2, 0.25) is 0 Å². The summed E-state index contributed by atoms with van der Waals surface area (Å²) in [6, 6.07) is 20.0. The zero-order valence-corrected chi connectivity index (χ0v) is 17.0. The first-order valence-electron chi connectivity index (χ1n) is 8.91.